The van der Waals surface area contributed by atoms with Gasteiger partial charge in [0.2, 0.25) is 0 Å². The van der Waals surface area contributed by atoms with Crippen molar-refractivity contribution in [2.45, 2.75) is 78.0 Å². The molecule has 11 nitrogen and oxygen atoms in total. The first-order chi connectivity index (χ1) is 23.2. The first-order valence-electron chi connectivity index (χ1n) is 15.5. The maximum Gasteiger partial charge on any atom is 2.00 e. The zero-order valence-electron chi connectivity index (χ0n) is 30.1. The predicted octanol–water partition coefficient (Wildman–Crippen LogP) is 3.97. The first-order valence-corrected chi connectivity index (χ1v) is 15.5. The van der Waals surface area contributed by atoms with Crippen molar-refractivity contribution >= 4 is 59.1 Å². The quantitative estimate of drug-likeness (QED) is 0.250. The number of hydrogen-bond donors (Lipinski definition) is 1. The number of hydrogen-bond acceptors (Lipinski definition) is 11. The maximum atomic E-state index is 11.4. The van der Waals surface area contributed by atoms with E-state index in [0.717, 1.165) is 16.9 Å². The molecule has 0 aliphatic carbocycles. The van der Waals surface area contributed by atoms with Gasteiger partial charge < -0.3 is 43.9 Å². The van der Waals surface area contributed by atoms with Crippen molar-refractivity contribution in [3.05, 3.63) is 109 Å². The topological polar surface area (TPSA) is 172 Å². The Bertz CT molecular complexity index is 1500. The molecule has 3 heterocycles. The van der Waals surface area contributed by atoms with Crippen molar-refractivity contribution in [2.24, 2.45) is 5.92 Å². The number of ether oxygens (including phenoxy) is 4. The summed E-state index contributed by atoms with van der Waals surface area (Å²) in [5.74, 6) is -2.02. The summed E-state index contributed by atoms with van der Waals surface area (Å²) in [4.78, 5) is 41.8. The number of aromatic hydroxyl groups is 1. The predicted molar refractivity (Wildman–Crippen MR) is 192 cm³/mol. The van der Waals surface area contributed by atoms with E-state index in [1.807, 2.05) is 63.2 Å². The van der Waals surface area contributed by atoms with Crippen LogP contribution in [-0.2, 0) is 33.4 Å². The zero-order valence-corrected chi connectivity index (χ0v) is 31.6. The van der Waals surface area contributed by atoms with Crippen molar-refractivity contribution in [3.8, 4) is 11.5 Å². The third-order valence-electron chi connectivity index (χ3n) is 6.74. The number of esters is 2. The molecule has 12 heteroatoms. The second-order valence-electron chi connectivity index (χ2n) is 12.5. The van der Waals surface area contributed by atoms with Gasteiger partial charge in [0.25, 0.3) is 0 Å². The van der Waals surface area contributed by atoms with Crippen LogP contribution in [0.15, 0.2) is 98.1 Å². The number of carbonyl (C=O) groups excluding carboxylic acids is 4. The molecule has 3 fully saturated rings. The fourth-order valence-corrected chi connectivity index (χ4v) is 4.24. The summed E-state index contributed by atoms with van der Waals surface area (Å²) < 4.78 is 21.6. The second kappa shape index (κ2) is 21.5. The van der Waals surface area contributed by atoms with Gasteiger partial charge in [-0.25, -0.2) is 4.79 Å². The molecule has 2 aromatic rings. The fourth-order valence-electron chi connectivity index (χ4n) is 4.24. The molecule has 1 N–H and O–H groups in total. The Morgan fingerprint density at radius 2 is 1.25 bits per heavy atom. The number of phenolic OH excluding ortho intramolecular Hbond substituents is 1. The molecule has 5 unspecified atom stereocenters. The summed E-state index contributed by atoms with van der Waals surface area (Å²) in [7, 11) is 0. The molecule has 2 bridgehead atoms. The Kier molecular flexibility index (Phi) is 19.6. The van der Waals surface area contributed by atoms with Crippen molar-refractivity contribution in [1.29, 1.82) is 0 Å². The van der Waals surface area contributed by atoms with Gasteiger partial charge in [-0.3, -0.25) is 4.79 Å². The minimum absolute atomic E-state index is 0. The molecular weight excluding hydrogens is 669 g/mol. The van der Waals surface area contributed by atoms with Crippen LogP contribution >= 0.6 is 0 Å². The Morgan fingerprint density at radius 3 is 1.63 bits per heavy atom. The summed E-state index contributed by atoms with van der Waals surface area (Å²) in [6, 6.07) is 14.8. The smallest absolute Gasteiger partial charge is 0.545 e. The molecule has 2 aromatic carbocycles. The van der Waals surface area contributed by atoms with Crippen LogP contribution in [0, 0.1) is 5.92 Å². The van der Waals surface area contributed by atoms with Gasteiger partial charge in [0.15, 0.2) is 12.2 Å². The van der Waals surface area contributed by atoms with E-state index in [4.69, 9.17) is 24.1 Å². The normalized spacial score (nSPS) is 19.7. The third kappa shape index (κ3) is 16.3. The average Bonchev–Trinajstić information content (AvgIpc) is 3.68. The molecule has 3 aliphatic rings. The Hall–Kier alpha value is -4.65. The van der Waals surface area contributed by atoms with E-state index in [2.05, 4.69) is 32.9 Å². The van der Waals surface area contributed by atoms with Crippen molar-refractivity contribution < 1.29 is 53.4 Å². The van der Waals surface area contributed by atoms with Gasteiger partial charge in [0.1, 0.15) is 23.2 Å². The van der Waals surface area contributed by atoms with Crippen LogP contribution in [-0.4, -0.2) is 82.1 Å². The Balaban J connectivity index is 0.000000646. The molecule has 0 spiro atoms. The number of benzene rings is 2. The van der Waals surface area contributed by atoms with Crippen LogP contribution < -0.4 is 14.9 Å². The zero-order chi connectivity index (χ0) is 38.3. The SMILES string of the molecule is C=C(C)C(=O)OC1C2CC3C(=O)OC1C3O2.C=C(C)C(=O)[O-].C=C(C)C(=O)[O-].C=Cc1ccc(O)cc1.C=Cc1ccc(OC(C)(C)C)cc1.[Mg+2]. The third-order valence-corrected chi connectivity index (χ3v) is 6.74. The van der Waals surface area contributed by atoms with E-state index in [0.29, 0.717) is 17.7 Å². The molecule has 0 radical (unpaired) electrons. The summed E-state index contributed by atoms with van der Waals surface area (Å²) in [5, 5.41) is 27.8. The number of carboxylic acids is 2. The minimum atomic E-state index is -1.19. The van der Waals surface area contributed by atoms with Crippen LogP contribution in [0.2, 0.25) is 0 Å². The number of fused-ring (bicyclic) bond motifs is 1. The summed E-state index contributed by atoms with van der Waals surface area (Å²) in [5.41, 5.74) is 2.47. The van der Waals surface area contributed by atoms with E-state index < -0.39 is 30.1 Å². The Morgan fingerprint density at radius 1 is 0.824 bits per heavy atom. The molecule has 0 saturated carbocycles. The summed E-state index contributed by atoms with van der Waals surface area (Å²) in [6.07, 6.45) is 2.85. The number of carbonyl (C=O) groups is 4. The second-order valence-corrected chi connectivity index (χ2v) is 12.5. The van der Waals surface area contributed by atoms with Crippen molar-refractivity contribution in [3.63, 3.8) is 0 Å². The molecule has 0 aromatic heterocycles. The van der Waals surface area contributed by atoms with Gasteiger partial charge in [-0.05, 0) is 94.5 Å². The molecule has 5 rings (SSSR count). The van der Waals surface area contributed by atoms with Gasteiger partial charge in [-0.1, -0.05) is 69.3 Å². The molecule has 270 valence electrons. The molecule has 5 atom stereocenters. The largest absolute Gasteiger partial charge is 2.00 e. The monoisotopic (exact) mass is 714 g/mol. The molecular formula is C39H46MgO11. The van der Waals surface area contributed by atoms with Crippen LogP contribution in [0.4, 0.5) is 0 Å². The number of aliphatic carboxylic acids is 2. The molecule has 0 amide bonds. The number of phenols is 1. The maximum absolute atomic E-state index is 11.4. The summed E-state index contributed by atoms with van der Waals surface area (Å²) in [6.45, 7) is 27.4. The fraction of sp³-hybridized carbons (Fsp3) is 0.333. The molecule has 51 heavy (non-hydrogen) atoms. The molecule has 3 saturated heterocycles. The average molecular weight is 715 g/mol. The van der Waals surface area contributed by atoms with E-state index in [1.54, 1.807) is 25.1 Å². The number of rotatable bonds is 7. The van der Waals surface area contributed by atoms with Crippen molar-refractivity contribution in [2.75, 3.05) is 0 Å². The minimum Gasteiger partial charge on any atom is -0.545 e. The van der Waals surface area contributed by atoms with E-state index in [1.165, 1.54) is 13.8 Å². The van der Waals surface area contributed by atoms with Crippen LogP contribution in [0.1, 0.15) is 59.1 Å². The van der Waals surface area contributed by atoms with Crippen molar-refractivity contribution in [1.82, 2.24) is 0 Å². The van der Waals surface area contributed by atoms with Crippen LogP contribution in [0.3, 0.4) is 0 Å². The number of carboxylic acid groups (broad SMARTS) is 2. The molecule has 3 aliphatic heterocycles. The Labute approximate surface area is 316 Å². The van der Waals surface area contributed by atoms with Crippen LogP contribution in [0.25, 0.3) is 12.2 Å². The van der Waals surface area contributed by atoms with Crippen LogP contribution in [0.5, 0.6) is 11.5 Å². The summed E-state index contributed by atoms with van der Waals surface area (Å²) >= 11 is 0. The first kappa shape index (κ1) is 46.3. The van der Waals surface area contributed by atoms with Gasteiger partial charge >= 0.3 is 35.0 Å². The van der Waals surface area contributed by atoms with Gasteiger partial charge in [-0.2, -0.15) is 0 Å². The van der Waals surface area contributed by atoms with E-state index >= 15 is 0 Å². The van der Waals surface area contributed by atoms with Gasteiger partial charge in [0, 0.05) is 5.57 Å². The van der Waals surface area contributed by atoms with Gasteiger partial charge in [-0.15, -0.1) is 0 Å². The van der Waals surface area contributed by atoms with Gasteiger partial charge in [0.05, 0.1) is 24.0 Å². The van der Waals surface area contributed by atoms with E-state index in [9.17, 15) is 29.4 Å². The standard InChI is InChI=1S/C12H16O.C11H12O5.C8H8O.2C4H6O2.Mg/c1-5-10-6-8-11(9-7-10)13-12(2,3)4;1-4(2)10(12)15-8-6-3-5-7(14-6)9(8)16-11(5)13;1-2-7-3-5-8(9)6-4-7;2*1-3(2)4(5)6;/h5-9H,1H2,2-4H3;5-9H,1,3H2,2H3;2-6,9H,1H2;2*1H2,2H3,(H,5,6);/q;;;;;+2/p-2. The van der Waals surface area contributed by atoms with E-state index in [-0.39, 0.29) is 63.9 Å².